The third kappa shape index (κ3) is 5.14. The van der Waals surface area contributed by atoms with Crippen LogP contribution in [0.15, 0.2) is 76.6 Å². The molecule has 0 bridgehead atoms. The Morgan fingerprint density at radius 1 is 1.06 bits per heavy atom. The fraction of sp³-hybridized carbons (Fsp3) is 0.240. The fourth-order valence-corrected chi connectivity index (χ4v) is 4.86. The zero-order valence-corrected chi connectivity index (χ0v) is 19.4. The molecule has 0 saturated carbocycles. The van der Waals surface area contributed by atoms with Gasteiger partial charge in [0.1, 0.15) is 5.75 Å². The smallest absolute Gasteiger partial charge is 0.261 e. The average molecular weight is 469 g/mol. The number of nitrogens with one attached hydrogen (secondary N) is 1. The van der Waals surface area contributed by atoms with E-state index in [0.717, 1.165) is 41.7 Å². The topological polar surface area (TPSA) is 67.8 Å². The predicted octanol–water partition coefficient (Wildman–Crippen LogP) is 5.71. The Bertz CT molecular complexity index is 1240. The molecule has 1 N–H and O–H groups in total. The number of aliphatic imine (C=N–C) groups is 1. The van der Waals surface area contributed by atoms with Gasteiger partial charge in [-0.25, -0.2) is 8.42 Å². The summed E-state index contributed by atoms with van der Waals surface area (Å²) >= 11 is 6.14. The number of nitrogens with zero attached hydrogens (tertiary/aromatic N) is 1. The number of unbranched alkanes of at least 4 members (excludes halogenated alkanes) is 1. The van der Waals surface area contributed by atoms with Crippen LogP contribution in [0.1, 0.15) is 36.5 Å². The molecule has 1 aliphatic rings. The van der Waals surface area contributed by atoms with Crippen molar-refractivity contribution in [2.24, 2.45) is 4.99 Å². The highest BCUT2D eigenvalue weighted by molar-refractivity contribution is 7.92. The van der Waals surface area contributed by atoms with Crippen molar-refractivity contribution < 1.29 is 13.2 Å². The van der Waals surface area contributed by atoms with Crippen molar-refractivity contribution in [3.63, 3.8) is 0 Å². The minimum atomic E-state index is -3.73. The summed E-state index contributed by atoms with van der Waals surface area (Å²) in [5.74, 6) is 0.661. The molecule has 0 saturated heterocycles. The summed E-state index contributed by atoms with van der Waals surface area (Å²) in [5.41, 5.74) is 4.36. The van der Waals surface area contributed by atoms with Gasteiger partial charge in [0.15, 0.2) is 0 Å². The molecule has 3 aromatic rings. The van der Waals surface area contributed by atoms with Gasteiger partial charge in [-0.2, -0.15) is 0 Å². The Kier molecular flexibility index (Phi) is 6.82. The van der Waals surface area contributed by atoms with Crippen LogP contribution < -0.4 is 9.46 Å². The van der Waals surface area contributed by atoms with Crippen LogP contribution in [0.3, 0.4) is 0 Å². The minimum absolute atomic E-state index is 0.181. The molecule has 0 radical (unpaired) electrons. The van der Waals surface area contributed by atoms with Gasteiger partial charge >= 0.3 is 0 Å². The lowest BCUT2D eigenvalue weighted by Gasteiger charge is -2.18. The molecule has 0 spiro atoms. The SMILES string of the molecule is CCCCOc1ccc(S(=O)(=O)Nc2cccc(C3=NCCc4cc(Cl)ccc43)c2)cc1. The molecule has 1 aliphatic heterocycles. The molecular weight excluding hydrogens is 444 g/mol. The van der Waals surface area contributed by atoms with E-state index in [0.29, 0.717) is 29.6 Å². The molecule has 7 heteroatoms. The van der Waals surface area contributed by atoms with Gasteiger partial charge in [-0.15, -0.1) is 0 Å². The third-order valence-corrected chi connectivity index (χ3v) is 6.89. The summed E-state index contributed by atoms with van der Waals surface area (Å²) < 4.78 is 34.1. The minimum Gasteiger partial charge on any atom is -0.494 e. The summed E-state index contributed by atoms with van der Waals surface area (Å²) in [5, 5.41) is 0.702. The second kappa shape index (κ2) is 9.76. The Labute approximate surface area is 194 Å². The number of halogens is 1. The van der Waals surface area contributed by atoms with Crippen molar-refractivity contribution in [3.8, 4) is 5.75 Å². The highest BCUT2D eigenvalue weighted by Crippen LogP contribution is 2.26. The van der Waals surface area contributed by atoms with Gasteiger partial charge in [0, 0.05) is 28.4 Å². The van der Waals surface area contributed by atoms with E-state index >= 15 is 0 Å². The maximum Gasteiger partial charge on any atom is 0.261 e. The summed E-state index contributed by atoms with van der Waals surface area (Å²) in [6, 6.07) is 19.6. The van der Waals surface area contributed by atoms with Crippen LogP contribution in [0.2, 0.25) is 5.02 Å². The Balaban J connectivity index is 1.54. The van der Waals surface area contributed by atoms with Crippen molar-refractivity contribution in [1.82, 2.24) is 0 Å². The van der Waals surface area contributed by atoms with Gasteiger partial charge in [-0.3, -0.25) is 9.71 Å². The number of fused-ring (bicyclic) bond motifs is 1. The van der Waals surface area contributed by atoms with Crippen LogP contribution in [-0.4, -0.2) is 27.3 Å². The normalized spacial score (nSPS) is 13.2. The monoisotopic (exact) mass is 468 g/mol. The highest BCUT2D eigenvalue weighted by atomic mass is 35.5. The lowest BCUT2D eigenvalue weighted by Crippen LogP contribution is -2.16. The zero-order valence-electron chi connectivity index (χ0n) is 17.8. The van der Waals surface area contributed by atoms with Gasteiger partial charge < -0.3 is 4.74 Å². The van der Waals surface area contributed by atoms with E-state index in [1.54, 1.807) is 30.3 Å². The van der Waals surface area contributed by atoms with Gasteiger partial charge in [0.05, 0.1) is 17.2 Å². The van der Waals surface area contributed by atoms with Crippen LogP contribution in [-0.2, 0) is 16.4 Å². The average Bonchev–Trinajstić information content (AvgIpc) is 2.79. The Morgan fingerprint density at radius 2 is 1.88 bits per heavy atom. The molecule has 0 atom stereocenters. The number of anilines is 1. The van der Waals surface area contributed by atoms with Crippen molar-refractivity contribution in [1.29, 1.82) is 0 Å². The van der Waals surface area contributed by atoms with Crippen molar-refractivity contribution in [3.05, 3.63) is 88.4 Å². The summed E-state index contributed by atoms with van der Waals surface area (Å²) in [6.45, 7) is 3.38. The summed E-state index contributed by atoms with van der Waals surface area (Å²) in [7, 11) is -3.73. The lowest BCUT2D eigenvalue weighted by molar-refractivity contribution is 0.309. The molecule has 166 valence electrons. The van der Waals surface area contributed by atoms with E-state index in [9.17, 15) is 8.42 Å². The van der Waals surface area contributed by atoms with E-state index in [1.165, 1.54) is 0 Å². The molecule has 5 nitrogen and oxygen atoms in total. The molecule has 3 aromatic carbocycles. The summed E-state index contributed by atoms with van der Waals surface area (Å²) in [4.78, 5) is 4.87. The van der Waals surface area contributed by atoms with Gasteiger partial charge in [-0.1, -0.05) is 43.1 Å². The van der Waals surface area contributed by atoms with E-state index in [2.05, 4.69) is 16.6 Å². The van der Waals surface area contributed by atoms with Crippen LogP contribution >= 0.6 is 11.6 Å². The molecule has 0 unspecified atom stereocenters. The number of ether oxygens (including phenoxy) is 1. The number of rotatable bonds is 8. The number of benzene rings is 3. The maximum atomic E-state index is 12.9. The van der Waals surface area contributed by atoms with E-state index in [1.807, 2.05) is 36.4 Å². The van der Waals surface area contributed by atoms with Gasteiger partial charge in [0.2, 0.25) is 0 Å². The quantitative estimate of drug-likeness (QED) is 0.430. The number of sulfonamides is 1. The first-order valence-electron chi connectivity index (χ1n) is 10.7. The molecule has 4 rings (SSSR count). The zero-order chi connectivity index (χ0) is 22.6. The predicted molar refractivity (Wildman–Crippen MR) is 130 cm³/mol. The Morgan fingerprint density at radius 3 is 2.66 bits per heavy atom. The standard InChI is InChI=1S/C25H25ClN2O3S/c1-2-3-15-31-22-8-10-23(11-9-22)32(29,30)28-21-6-4-5-19(17-21)25-24-12-7-20(26)16-18(24)13-14-27-25/h4-12,16-17,28H,2-3,13-15H2,1H3. The molecule has 0 aliphatic carbocycles. The van der Waals surface area contributed by atoms with Crippen LogP contribution in [0.25, 0.3) is 0 Å². The van der Waals surface area contributed by atoms with E-state index < -0.39 is 10.0 Å². The molecule has 32 heavy (non-hydrogen) atoms. The van der Waals surface area contributed by atoms with E-state index in [-0.39, 0.29) is 4.90 Å². The molecule has 1 heterocycles. The van der Waals surface area contributed by atoms with Crippen LogP contribution in [0, 0.1) is 0 Å². The molecule has 0 amide bonds. The lowest BCUT2D eigenvalue weighted by atomic mass is 9.93. The van der Waals surface area contributed by atoms with Crippen molar-refractivity contribution >= 4 is 33.0 Å². The molecule has 0 fully saturated rings. The van der Waals surface area contributed by atoms with Crippen LogP contribution in [0.4, 0.5) is 5.69 Å². The fourth-order valence-electron chi connectivity index (χ4n) is 3.61. The largest absolute Gasteiger partial charge is 0.494 e. The molecular formula is C25H25ClN2O3S. The first kappa shape index (κ1) is 22.4. The first-order chi connectivity index (χ1) is 15.5. The van der Waals surface area contributed by atoms with Gasteiger partial charge in [0.25, 0.3) is 10.0 Å². The first-order valence-corrected chi connectivity index (χ1v) is 12.5. The highest BCUT2D eigenvalue weighted by Gasteiger charge is 2.18. The van der Waals surface area contributed by atoms with Crippen molar-refractivity contribution in [2.75, 3.05) is 17.9 Å². The van der Waals surface area contributed by atoms with E-state index in [4.69, 9.17) is 16.3 Å². The number of hydrogen-bond donors (Lipinski definition) is 1. The second-order valence-corrected chi connectivity index (χ2v) is 9.76. The molecule has 0 aromatic heterocycles. The van der Waals surface area contributed by atoms with Gasteiger partial charge in [-0.05, 0) is 66.9 Å². The number of hydrogen-bond acceptors (Lipinski definition) is 4. The third-order valence-electron chi connectivity index (χ3n) is 5.26. The second-order valence-electron chi connectivity index (χ2n) is 7.64. The summed E-state index contributed by atoms with van der Waals surface area (Å²) in [6.07, 6.45) is 2.84. The van der Waals surface area contributed by atoms with Crippen LogP contribution in [0.5, 0.6) is 5.75 Å². The van der Waals surface area contributed by atoms with Crippen molar-refractivity contribution in [2.45, 2.75) is 31.1 Å². The maximum absolute atomic E-state index is 12.9. The Hall–Kier alpha value is -2.83.